The highest BCUT2D eigenvalue weighted by molar-refractivity contribution is 8.00. The first-order valence-corrected chi connectivity index (χ1v) is 7.56. The summed E-state index contributed by atoms with van der Waals surface area (Å²) < 4.78 is 13.0. The van der Waals surface area contributed by atoms with E-state index in [1.807, 2.05) is 23.9 Å². The van der Waals surface area contributed by atoms with Crippen LogP contribution in [0.25, 0.3) is 0 Å². The lowest BCUT2D eigenvalue weighted by molar-refractivity contribution is 0.605. The zero-order chi connectivity index (χ0) is 13.7. The molecule has 0 fully saturated rings. The van der Waals surface area contributed by atoms with Crippen molar-refractivity contribution in [2.24, 2.45) is 11.7 Å². The summed E-state index contributed by atoms with van der Waals surface area (Å²) in [6, 6.07) is 6.86. The van der Waals surface area contributed by atoms with Gasteiger partial charge in [0, 0.05) is 16.5 Å². The number of rotatable bonds is 6. The summed E-state index contributed by atoms with van der Waals surface area (Å²) in [6.45, 7) is 8.77. The van der Waals surface area contributed by atoms with Crippen LogP contribution in [-0.4, -0.2) is 11.3 Å². The van der Waals surface area contributed by atoms with E-state index in [2.05, 4.69) is 27.7 Å². The van der Waals surface area contributed by atoms with Crippen molar-refractivity contribution >= 4 is 11.8 Å². The molecule has 3 heteroatoms. The van der Waals surface area contributed by atoms with Gasteiger partial charge in [-0.25, -0.2) is 4.39 Å². The summed E-state index contributed by atoms with van der Waals surface area (Å²) in [4.78, 5) is 0. The second-order valence-electron chi connectivity index (χ2n) is 5.13. The summed E-state index contributed by atoms with van der Waals surface area (Å²) in [5.74, 6) is 0.423. The Bertz CT molecular complexity index is 350. The summed E-state index contributed by atoms with van der Waals surface area (Å²) in [5.41, 5.74) is 7.35. The Morgan fingerprint density at radius 2 is 1.72 bits per heavy atom. The van der Waals surface area contributed by atoms with E-state index >= 15 is 0 Å². The van der Waals surface area contributed by atoms with Crippen LogP contribution in [0.4, 0.5) is 4.39 Å². The fourth-order valence-electron chi connectivity index (χ4n) is 1.68. The van der Waals surface area contributed by atoms with Gasteiger partial charge in [0.1, 0.15) is 5.82 Å². The van der Waals surface area contributed by atoms with Gasteiger partial charge in [0.15, 0.2) is 0 Å². The van der Waals surface area contributed by atoms with Crippen LogP contribution in [0.1, 0.15) is 44.9 Å². The molecule has 3 atom stereocenters. The SMILES string of the molecule is CCC(N)C(SC(C)C(C)C)c1ccc(F)cc1. The first-order valence-electron chi connectivity index (χ1n) is 6.62. The Hall–Kier alpha value is -0.540. The number of thioether (sulfide) groups is 1. The molecular weight excluding hydrogens is 245 g/mol. The molecule has 0 radical (unpaired) electrons. The Balaban J connectivity index is 2.87. The van der Waals surface area contributed by atoms with Crippen molar-refractivity contribution in [1.29, 1.82) is 0 Å². The van der Waals surface area contributed by atoms with E-state index in [0.29, 0.717) is 11.2 Å². The van der Waals surface area contributed by atoms with E-state index < -0.39 is 0 Å². The second kappa shape index (κ2) is 7.15. The topological polar surface area (TPSA) is 26.0 Å². The minimum absolute atomic E-state index is 0.113. The van der Waals surface area contributed by atoms with E-state index in [0.717, 1.165) is 12.0 Å². The second-order valence-corrected chi connectivity index (χ2v) is 6.65. The Kier molecular flexibility index (Phi) is 6.16. The molecule has 1 aromatic rings. The fraction of sp³-hybridized carbons (Fsp3) is 0.600. The fourth-order valence-corrected chi connectivity index (χ4v) is 3.17. The summed E-state index contributed by atoms with van der Waals surface area (Å²) >= 11 is 1.90. The van der Waals surface area contributed by atoms with Gasteiger partial charge in [0.05, 0.1) is 0 Å². The molecule has 2 N–H and O–H groups in total. The summed E-state index contributed by atoms with van der Waals surface area (Å²) in [5, 5.41) is 0.783. The van der Waals surface area contributed by atoms with Gasteiger partial charge >= 0.3 is 0 Å². The van der Waals surface area contributed by atoms with Crippen LogP contribution >= 0.6 is 11.8 Å². The molecule has 0 saturated carbocycles. The molecule has 0 heterocycles. The van der Waals surface area contributed by atoms with E-state index in [9.17, 15) is 4.39 Å². The molecule has 102 valence electrons. The van der Waals surface area contributed by atoms with Crippen molar-refractivity contribution in [1.82, 2.24) is 0 Å². The van der Waals surface area contributed by atoms with Crippen molar-refractivity contribution in [3.63, 3.8) is 0 Å². The van der Waals surface area contributed by atoms with Gasteiger partial charge in [-0.15, -0.1) is 11.8 Å². The third kappa shape index (κ3) is 4.29. The molecule has 0 spiro atoms. The number of hydrogen-bond acceptors (Lipinski definition) is 2. The molecule has 0 saturated heterocycles. The Morgan fingerprint density at radius 3 is 2.17 bits per heavy atom. The molecular formula is C15H24FNS. The lowest BCUT2D eigenvalue weighted by Gasteiger charge is -2.27. The number of halogens is 1. The normalized spacial score (nSPS) is 16.6. The molecule has 0 bridgehead atoms. The zero-order valence-corrected chi connectivity index (χ0v) is 12.5. The Morgan fingerprint density at radius 1 is 1.17 bits per heavy atom. The monoisotopic (exact) mass is 269 g/mol. The van der Waals surface area contributed by atoms with Crippen LogP contribution in [0.3, 0.4) is 0 Å². The third-order valence-corrected chi connectivity index (χ3v) is 5.25. The minimum atomic E-state index is -0.190. The van der Waals surface area contributed by atoms with Crippen molar-refractivity contribution in [3.8, 4) is 0 Å². The Labute approximate surface area is 114 Å². The average molecular weight is 269 g/mol. The van der Waals surface area contributed by atoms with Crippen molar-refractivity contribution < 1.29 is 4.39 Å². The molecule has 0 amide bonds. The molecule has 18 heavy (non-hydrogen) atoms. The first-order chi connectivity index (χ1) is 8.45. The molecule has 0 aliphatic rings. The van der Waals surface area contributed by atoms with Crippen LogP contribution in [0.15, 0.2) is 24.3 Å². The highest BCUT2D eigenvalue weighted by atomic mass is 32.2. The largest absolute Gasteiger partial charge is 0.326 e. The summed E-state index contributed by atoms with van der Waals surface area (Å²) in [6.07, 6.45) is 0.930. The van der Waals surface area contributed by atoms with Crippen LogP contribution in [0.5, 0.6) is 0 Å². The van der Waals surface area contributed by atoms with Gasteiger partial charge in [-0.2, -0.15) is 0 Å². The molecule has 1 nitrogen and oxygen atoms in total. The van der Waals surface area contributed by atoms with E-state index in [1.54, 1.807) is 0 Å². The smallest absolute Gasteiger partial charge is 0.123 e. The molecule has 3 unspecified atom stereocenters. The van der Waals surface area contributed by atoms with Gasteiger partial charge < -0.3 is 5.73 Å². The number of benzene rings is 1. The predicted molar refractivity (Wildman–Crippen MR) is 79.3 cm³/mol. The average Bonchev–Trinajstić information content (AvgIpc) is 2.35. The van der Waals surface area contributed by atoms with Gasteiger partial charge in [-0.3, -0.25) is 0 Å². The first kappa shape index (κ1) is 15.5. The highest BCUT2D eigenvalue weighted by Crippen LogP contribution is 2.37. The molecule has 1 rings (SSSR count). The van der Waals surface area contributed by atoms with E-state index in [-0.39, 0.29) is 17.1 Å². The third-order valence-electron chi connectivity index (χ3n) is 3.36. The molecule has 0 aliphatic heterocycles. The maximum atomic E-state index is 13.0. The number of hydrogen-bond donors (Lipinski definition) is 1. The van der Waals surface area contributed by atoms with Crippen LogP contribution in [0, 0.1) is 11.7 Å². The zero-order valence-electron chi connectivity index (χ0n) is 11.7. The molecule has 1 aromatic carbocycles. The van der Waals surface area contributed by atoms with Crippen LogP contribution in [-0.2, 0) is 0 Å². The van der Waals surface area contributed by atoms with Gasteiger partial charge in [-0.1, -0.05) is 39.8 Å². The van der Waals surface area contributed by atoms with Gasteiger partial charge in [0.2, 0.25) is 0 Å². The van der Waals surface area contributed by atoms with E-state index in [4.69, 9.17) is 5.73 Å². The lowest BCUT2D eigenvalue weighted by atomic mass is 10.0. The molecule has 0 aliphatic carbocycles. The highest BCUT2D eigenvalue weighted by Gasteiger charge is 2.23. The van der Waals surface area contributed by atoms with Crippen LogP contribution < -0.4 is 5.73 Å². The maximum absolute atomic E-state index is 13.0. The maximum Gasteiger partial charge on any atom is 0.123 e. The van der Waals surface area contributed by atoms with Crippen LogP contribution in [0.2, 0.25) is 0 Å². The minimum Gasteiger partial charge on any atom is -0.326 e. The standard InChI is InChI=1S/C15H24FNS/c1-5-14(17)15(18-11(4)10(2)3)12-6-8-13(16)9-7-12/h6-11,14-15H,5,17H2,1-4H3. The van der Waals surface area contributed by atoms with Crippen molar-refractivity contribution in [3.05, 3.63) is 35.6 Å². The van der Waals surface area contributed by atoms with Gasteiger partial charge in [-0.05, 0) is 30.0 Å². The predicted octanol–water partition coefficient (Wildman–Crippen LogP) is 4.38. The lowest BCUT2D eigenvalue weighted by Crippen LogP contribution is -2.27. The van der Waals surface area contributed by atoms with Gasteiger partial charge in [0.25, 0.3) is 0 Å². The number of nitrogens with two attached hydrogens (primary N) is 1. The quantitative estimate of drug-likeness (QED) is 0.829. The van der Waals surface area contributed by atoms with Crippen molar-refractivity contribution in [2.45, 2.75) is 50.7 Å². The van der Waals surface area contributed by atoms with Crippen molar-refractivity contribution in [2.75, 3.05) is 0 Å². The summed E-state index contributed by atoms with van der Waals surface area (Å²) in [7, 11) is 0. The molecule has 0 aromatic heterocycles. The van der Waals surface area contributed by atoms with E-state index in [1.165, 1.54) is 12.1 Å².